The van der Waals surface area contributed by atoms with Crippen LogP contribution in [0.3, 0.4) is 0 Å². The van der Waals surface area contributed by atoms with E-state index in [4.69, 9.17) is 0 Å². The zero-order valence-electron chi connectivity index (χ0n) is 11.5. The Labute approximate surface area is 114 Å². The Morgan fingerprint density at radius 1 is 1.35 bits per heavy atom. The molecule has 0 saturated carbocycles. The number of hydrogen-bond donors (Lipinski definition) is 3. The van der Waals surface area contributed by atoms with Gasteiger partial charge in [-0.3, -0.25) is 14.6 Å². The van der Waals surface area contributed by atoms with Crippen LogP contribution in [0.5, 0.6) is 0 Å². The Morgan fingerprint density at radius 3 is 2.50 bits per heavy atom. The van der Waals surface area contributed by atoms with Crippen molar-refractivity contribution in [3.05, 3.63) is 32.6 Å². The van der Waals surface area contributed by atoms with Gasteiger partial charge in [0.2, 0.25) is 0 Å². The maximum atomic E-state index is 12.0. The quantitative estimate of drug-likeness (QED) is 0.630. The summed E-state index contributed by atoms with van der Waals surface area (Å²) in [5.74, 6) is -1.32. The molecule has 1 unspecified atom stereocenters. The van der Waals surface area contributed by atoms with Gasteiger partial charge in [0, 0.05) is 6.07 Å². The summed E-state index contributed by atoms with van der Waals surface area (Å²) in [6.45, 7) is 3.37. The number of rotatable bonds is 5. The Balaban J connectivity index is 3.05. The molecular formula is C12H17N3O5. The summed E-state index contributed by atoms with van der Waals surface area (Å²) >= 11 is 0. The zero-order valence-corrected chi connectivity index (χ0v) is 11.5. The first-order valence-electron chi connectivity index (χ1n) is 6.07. The highest BCUT2D eigenvalue weighted by Gasteiger charge is 2.35. The number of esters is 1. The number of carbonyl (C=O) groups is 2. The lowest BCUT2D eigenvalue weighted by Gasteiger charge is -2.27. The predicted molar refractivity (Wildman–Crippen MR) is 70.5 cm³/mol. The Kier molecular flexibility index (Phi) is 4.84. The van der Waals surface area contributed by atoms with Crippen LogP contribution in [0.25, 0.3) is 0 Å². The van der Waals surface area contributed by atoms with E-state index in [2.05, 4.69) is 15.0 Å². The first kappa shape index (κ1) is 15.7. The molecular weight excluding hydrogens is 266 g/mol. The molecule has 0 spiro atoms. The number of amides is 1. The van der Waals surface area contributed by atoms with Gasteiger partial charge in [-0.25, -0.2) is 9.59 Å². The summed E-state index contributed by atoms with van der Waals surface area (Å²) in [6.07, 6.45) is 0.997. The third kappa shape index (κ3) is 3.56. The van der Waals surface area contributed by atoms with Crippen LogP contribution in [0, 0.1) is 0 Å². The molecule has 0 aliphatic carbocycles. The van der Waals surface area contributed by atoms with E-state index in [1.807, 2.05) is 11.9 Å². The maximum absolute atomic E-state index is 12.0. The van der Waals surface area contributed by atoms with Gasteiger partial charge in [-0.15, -0.1) is 0 Å². The number of hydrogen-bond acceptors (Lipinski definition) is 5. The summed E-state index contributed by atoms with van der Waals surface area (Å²) < 4.78 is 4.66. The molecule has 0 aliphatic heterocycles. The first-order valence-corrected chi connectivity index (χ1v) is 6.07. The van der Waals surface area contributed by atoms with Crippen molar-refractivity contribution in [3.8, 4) is 0 Å². The van der Waals surface area contributed by atoms with Gasteiger partial charge in [0.1, 0.15) is 11.2 Å². The number of nitrogens with one attached hydrogen (secondary N) is 3. The van der Waals surface area contributed by atoms with Crippen molar-refractivity contribution in [2.24, 2.45) is 0 Å². The maximum Gasteiger partial charge on any atom is 0.331 e. The molecule has 3 N–H and O–H groups in total. The van der Waals surface area contributed by atoms with Crippen LogP contribution in [-0.4, -0.2) is 34.5 Å². The molecule has 0 radical (unpaired) electrons. The van der Waals surface area contributed by atoms with E-state index in [1.54, 1.807) is 0 Å². The summed E-state index contributed by atoms with van der Waals surface area (Å²) in [6, 6.07) is 0.945. The highest BCUT2D eigenvalue weighted by molar-refractivity contribution is 5.96. The average Bonchev–Trinajstić information content (AvgIpc) is 2.36. The fourth-order valence-corrected chi connectivity index (χ4v) is 1.85. The minimum absolute atomic E-state index is 0.218. The topological polar surface area (TPSA) is 121 Å². The molecule has 8 nitrogen and oxygen atoms in total. The number of aromatic nitrogens is 2. The molecule has 0 aromatic carbocycles. The monoisotopic (exact) mass is 283 g/mol. The van der Waals surface area contributed by atoms with Gasteiger partial charge in [-0.1, -0.05) is 13.3 Å². The molecule has 1 aromatic rings. The molecule has 0 bridgehead atoms. The number of ether oxygens (including phenoxy) is 1. The molecule has 20 heavy (non-hydrogen) atoms. The van der Waals surface area contributed by atoms with Crippen molar-refractivity contribution in [1.82, 2.24) is 15.3 Å². The van der Waals surface area contributed by atoms with E-state index >= 15 is 0 Å². The highest BCUT2D eigenvalue weighted by Crippen LogP contribution is 2.14. The van der Waals surface area contributed by atoms with Crippen molar-refractivity contribution in [2.75, 3.05) is 7.11 Å². The lowest BCUT2D eigenvalue weighted by Crippen LogP contribution is -2.53. The van der Waals surface area contributed by atoms with Gasteiger partial charge >= 0.3 is 11.7 Å². The van der Waals surface area contributed by atoms with Crippen LogP contribution in [0.4, 0.5) is 0 Å². The lowest BCUT2D eigenvalue weighted by atomic mass is 9.96. The zero-order chi connectivity index (χ0) is 15.3. The Bertz CT molecular complexity index is 590. The number of H-pyrrole nitrogens is 2. The van der Waals surface area contributed by atoms with E-state index in [1.165, 1.54) is 14.0 Å². The summed E-state index contributed by atoms with van der Waals surface area (Å²) in [5.41, 5.74) is -2.93. The summed E-state index contributed by atoms with van der Waals surface area (Å²) in [4.78, 5) is 50.2. The van der Waals surface area contributed by atoms with Crippen LogP contribution in [-0.2, 0) is 9.53 Å². The molecule has 1 rings (SSSR count). The number of aromatic amines is 2. The van der Waals surface area contributed by atoms with E-state index in [9.17, 15) is 19.2 Å². The van der Waals surface area contributed by atoms with Crippen LogP contribution in [0.2, 0.25) is 0 Å². The number of carbonyl (C=O) groups excluding carboxylic acids is 2. The highest BCUT2D eigenvalue weighted by atomic mass is 16.5. The standard InChI is InChI=1S/C12H17N3O5/c1-4-5-12(2,10(18)20-3)15-9(17)7-6-8(16)14-11(19)13-7/h6H,4-5H2,1-3H3,(H,15,17)(H2,13,14,16,19). The SMILES string of the molecule is CCCC(C)(NC(=O)c1cc(=O)[nH]c(=O)[nH]1)C(=O)OC. The second-order valence-corrected chi connectivity index (χ2v) is 4.53. The molecule has 1 aromatic heterocycles. The molecule has 1 heterocycles. The van der Waals surface area contributed by atoms with Crippen LogP contribution >= 0.6 is 0 Å². The van der Waals surface area contributed by atoms with Gasteiger partial charge in [0.15, 0.2) is 0 Å². The smallest absolute Gasteiger partial charge is 0.331 e. The van der Waals surface area contributed by atoms with E-state index < -0.39 is 28.7 Å². The van der Waals surface area contributed by atoms with Crippen LogP contribution < -0.4 is 16.6 Å². The van der Waals surface area contributed by atoms with Crippen molar-refractivity contribution < 1.29 is 14.3 Å². The summed E-state index contributed by atoms with van der Waals surface area (Å²) in [5, 5.41) is 2.48. The van der Waals surface area contributed by atoms with Crippen molar-refractivity contribution in [2.45, 2.75) is 32.2 Å². The Morgan fingerprint density at radius 2 is 2.00 bits per heavy atom. The van der Waals surface area contributed by atoms with Gasteiger partial charge in [-0.2, -0.15) is 0 Å². The van der Waals surface area contributed by atoms with Crippen LogP contribution in [0.15, 0.2) is 15.7 Å². The first-order chi connectivity index (χ1) is 9.32. The molecule has 0 fully saturated rings. The summed E-state index contributed by atoms with van der Waals surface area (Å²) in [7, 11) is 1.22. The minimum Gasteiger partial charge on any atom is -0.467 e. The molecule has 1 atom stereocenters. The minimum atomic E-state index is -1.22. The normalized spacial score (nSPS) is 13.3. The van der Waals surface area contributed by atoms with Gasteiger partial charge in [0.25, 0.3) is 11.5 Å². The fraction of sp³-hybridized carbons (Fsp3) is 0.500. The lowest BCUT2D eigenvalue weighted by molar-refractivity contribution is -0.147. The fourth-order valence-electron chi connectivity index (χ4n) is 1.85. The third-order valence-corrected chi connectivity index (χ3v) is 2.78. The van der Waals surface area contributed by atoms with E-state index in [-0.39, 0.29) is 5.69 Å². The molecule has 110 valence electrons. The Hall–Kier alpha value is -2.38. The van der Waals surface area contributed by atoms with Gasteiger partial charge in [0.05, 0.1) is 7.11 Å². The van der Waals surface area contributed by atoms with E-state index in [0.29, 0.717) is 12.8 Å². The van der Waals surface area contributed by atoms with Crippen LogP contribution in [0.1, 0.15) is 37.2 Å². The van der Waals surface area contributed by atoms with Gasteiger partial charge < -0.3 is 15.0 Å². The predicted octanol–water partition coefficient (Wildman–Crippen LogP) is -0.475. The van der Waals surface area contributed by atoms with Gasteiger partial charge in [-0.05, 0) is 13.3 Å². The molecule has 0 aliphatic rings. The largest absolute Gasteiger partial charge is 0.467 e. The van der Waals surface area contributed by atoms with E-state index in [0.717, 1.165) is 6.07 Å². The molecule has 0 saturated heterocycles. The number of methoxy groups -OCH3 is 1. The van der Waals surface area contributed by atoms with Crippen molar-refractivity contribution in [3.63, 3.8) is 0 Å². The molecule has 8 heteroatoms. The van der Waals surface area contributed by atoms with Crippen molar-refractivity contribution >= 4 is 11.9 Å². The second-order valence-electron chi connectivity index (χ2n) is 4.53. The average molecular weight is 283 g/mol. The molecule has 1 amide bonds. The third-order valence-electron chi connectivity index (χ3n) is 2.78. The van der Waals surface area contributed by atoms with Crippen molar-refractivity contribution in [1.29, 1.82) is 0 Å². The second kappa shape index (κ2) is 6.18.